The highest BCUT2D eigenvalue weighted by Crippen LogP contribution is 2.21. The number of anilines is 1. The summed E-state index contributed by atoms with van der Waals surface area (Å²) in [6, 6.07) is 7.65. The molecule has 1 saturated carbocycles. The van der Waals surface area contributed by atoms with E-state index in [1.54, 1.807) is 24.3 Å². The summed E-state index contributed by atoms with van der Waals surface area (Å²) in [5.74, 6) is -0.165. The molecule has 1 unspecified atom stereocenters. The lowest BCUT2D eigenvalue weighted by Crippen LogP contribution is -2.44. The molecule has 0 spiro atoms. The molecule has 6 nitrogen and oxygen atoms in total. The van der Waals surface area contributed by atoms with Gasteiger partial charge in [0.05, 0.1) is 6.54 Å². The average Bonchev–Trinajstić information content (AvgIpc) is 3.41. The molecule has 25 heavy (non-hydrogen) atoms. The Balaban J connectivity index is 1.55. The third-order valence-corrected chi connectivity index (χ3v) is 4.88. The second-order valence-electron chi connectivity index (χ2n) is 7.01. The number of piperidine rings is 1. The number of nitrogens with one attached hydrogen (secondary N) is 2. The summed E-state index contributed by atoms with van der Waals surface area (Å²) in [4.78, 5) is 26.6. The Bertz CT molecular complexity index is 614. The number of carbonyl (C=O) groups is 2. The molecule has 3 rings (SSSR count). The normalized spacial score (nSPS) is 20.9. The Morgan fingerprint density at radius 3 is 2.80 bits per heavy atom. The number of aliphatic hydroxyl groups is 1. The third-order valence-electron chi connectivity index (χ3n) is 4.88. The predicted molar refractivity (Wildman–Crippen MR) is 96.5 cm³/mol. The van der Waals surface area contributed by atoms with Crippen LogP contribution >= 0.6 is 0 Å². The van der Waals surface area contributed by atoms with Crippen molar-refractivity contribution >= 4 is 17.5 Å². The van der Waals surface area contributed by atoms with Gasteiger partial charge in [-0.2, -0.15) is 0 Å². The molecule has 1 aliphatic carbocycles. The van der Waals surface area contributed by atoms with Crippen molar-refractivity contribution in [3.8, 4) is 0 Å². The molecular formula is C19H27N3O3. The molecule has 1 atom stereocenters. The van der Waals surface area contributed by atoms with E-state index in [1.165, 1.54) is 0 Å². The highest BCUT2D eigenvalue weighted by molar-refractivity contribution is 5.97. The maximum atomic E-state index is 12.4. The maximum Gasteiger partial charge on any atom is 0.251 e. The highest BCUT2D eigenvalue weighted by Gasteiger charge is 2.25. The number of hydrogen-bond acceptors (Lipinski definition) is 4. The first-order valence-electron chi connectivity index (χ1n) is 9.21. The first-order valence-corrected chi connectivity index (χ1v) is 9.21. The summed E-state index contributed by atoms with van der Waals surface area (Å²) in [5, 5.41) is 15.0. The first kappa shape index (κ1) is 17.9. The Hall–Kier alpha value is -1.92. The molecule has 0 aromatic heterocycles. The van der Waals surface area contributed by atoms with Gasteiger partial charge in [-0.1, -0.05) is 12.5 Å². The molecule has 2 fully saturated rings. The van der Waals surface area contributed by atoms with Crippen molar-refractivity contribution in [2.75, 3.05) is 25.0 Å². The predicted octanol–water partition coefficient (Wildman–Crippen LogP) is 1.75. The van der Waals surface area contributed by atoms with Gasteiger partial charge in [0, 0.05) is 29.9 Å². The van der Waals surface area contributed by atoms with E-state index in [-0.39, 0.29) is 24.5 Å². The zero-order valence-corrected chi connectivity index (χ0v) is 14.5. The minimum Gasteiger partial charge on any atom is -0.396 e. The minimum absolute atomic E-state index is 0.0791. The number of carbonyl (C=O) groups excluding carboxylic acids is 2. The summed E-state index contributed by atoms with van der Waals surface area (Å²) in [6.45, 7) is 1.37. The van der Waals surface area contributed by atoms with Crippen molar-refractivity contribution in [3.05, 3.63) is 29.8 Å². The standard InChI is InChI=1S/C19H27N3O3/c23-11-9-17-6-1-2-10-22(17)13-18(24)20-16-5-3-4-14(12-16)19(25)21-15-7-8-15/h3-5,12,15,17,23H,1-2,6-11,13H2,(H,20,24)(H,21,25). The monoisotopic (exact) mass is 345 g/mol. The topological polar surface area (TPSA) is 81.7 Å². The smallest absolute Gasteiger partial charge is 0.251 e. The zero-order chi connectivity index (χ0) is 17.6. The second-order valence-corrected chi connectivity index (χ2v) is 7.01. The van der Waals surface area contributed by atoms with Crippen molar-refractivity contribution in [2.45, 2.75) is 50.6 Å². The van der Waals surface area contributed by atoms with Gasteiger partial charge in [0.1, 0.15) is 0 Å². The van der Waals surface area contributed by atoms with E-state index in [0.717, 1.165) is 38.6 Å². The van der Waals surface area contributed by atoms with E-state index < -0.39 is 0 Å². The molecule has 2 aliphatic rings. The van der Waals surface area contributed by atoms with Crippen LogP contribution < -0.4 is 10.6 Å². The Morgan fingerprint density at radius 1 is 1.20 bits per heavy atom. The van der Waals surface area contributed by atoms with Crippen molar-refractivity contribution in [3.63, 3.8) is 0 Å². The van der Waals surface area contributed by atoms with Gasteiger partial charge < -0.3 is 15.7 Å². The van der Waals surface area contributed by atoms with Gasteiger partial charge in [-0.15, -0.1) is 0 Å². The maximum absolute atomic E-state index is 12.4. The van der Waals surface area contributed by atoms with E-state index >= 15 is 0 Å². The summed E-state index contributed by atoms with van der Waals surface area (Å²) >= 11 is 0. The Morgan fingerprint density at radius 2 is 2.04 bits per heavy atom. The molecule has 1 aromatic carbocycles. The SMILES string of the molecule is O=C(CN1CCCCC1CCO)Nc1cccc(C(=O)NC2CC2)c1. The molecule has 6 heteroatoms. The summed E-state index contributed by atoms with van der Waals surface area (Å²) in [7, 11) is 0. The van der Waals surface area contributed by atoms with Crippen LogP contribution in [-0.4, -0.2) is 53.6 Å². The fourth-order valence-corrected chi connectivity index (χ4v) is 3.36. The molecule has 0 radical (unpaired) electrons. The van der Waals surface area contributed by atoms with Crippen LogP contribution in [0.1, 0.15) is 48.9 Å². The molecule has 1 heterocycles. The number of benzene rings is 1. The van der Waals surface area contributed by atoms with E-state index in [1.807, 2.05) is 0 Å². The van der Waals surface area contributed by atoms with Crippen LogP contribution in [0.4, 0.5) is 5.69 Å². The van der Waals surface area contributed by atoms with Crippen LogP contribution in [0.25, 0.3) is 0 Å². The number of hydrogen-bond donors (Lipinski definition) is 3. The van der Waals surface area contributed by atoms with Crippen LogP contribution in [0.2, 0.25) is 0 Å². The number of rotatable bonds is 7. The van der Waals surface area contributed by atoms with Gasteiger partial charge in [-0.05, 0) is 56.8 Å². The largest absolute Gasteiger partial charge is 0.396 e. The minimum atomic E-state index is -0.0855. The summed E-state index contributed by atoms with van der Waals surface area (Å²) in [6.07, 6.45) is 6.09. The van der Waals surface area contributed by atoms with E-state index in [4.69, 9.17) is 0 Å². The summed E-state index contributed by atoms with van der Waals surface area (Å²) < 4.78 is 0. The second kappa shape index (κ2) is 8.45. The number of nitrogens with zero attached hydrogens (tertiary/aromatic N) is 1. The van der Waals surface area contributed by atoms with Gasteiger partial charge in [0.25, 0.3) is 5.91 Å². The zero-order valence-electron chi connectivity index (χ0n) is 14.5. The van der Waals surface area contributed by atoms with E-state index in [2.05, 4.69) is 15.5 Å². The molecule has 1 saturated heterocycles. The Labute approximate surface area is 148 Å². The van der Waals surface area contributed by atoms with Crippen LogP contribution in [-0.2, 0) is 4.79 Å². The van der Waals surface area contributed by atoms with Gasteiger partial charge in [-0.25, -0.2) is 0 Å². The van der Waals surface area contributed by atoms with Gasteiger partial charge in [-0.3, -0.25) is 14.5 Å². The third kappa shape index (κ3) is 5.28. The number of aliphatic hydroxyl groups excluding tert-OH is 1. The average molecular weight is 345 g/mol. The molecular weight excluding hydrogens is 318 g/mol. The van der Waals surface area contributed by atoms with Gasteiger partial charge >= 0.3 is 0 Å². The van der Waals surface area contributed by atoms with Gasteiger partial charge in [0.2, 0.25) is 5.91 Å². The fraction of sp³-hybridized carbons (Fsp3) is 0.579. The summed E-state index contributed by atoms with van der Waals surface area (Å²) in [5.41, 5.74) is 1.21. The lowest BCUT2D eigenvalue weighted by molar-refractivity contribution is -0.118. The molecule has 0 bridgehead atoms. The number of likely N-dealkylation sites (tertiary alicyclic amines) is 1. The van der Waals surface area contributed by atoms with Crippen molar-refractivity contribution in [2.24, 2.45) is 0 Å². The molecule has 3 N–H and O–H groups in total. The Kier molecular flexibility index (Phi) is 6.04. The molecule has 1 aliphatic heterocycles. The lowest BCUT2D eigenvalue weighted by atomic mass is 9.99. The fourth-order valence-electron chi connectivity index (χ4n) is 3.36. The van der Waals surface area contributed by atoms with E-state index in [0.29, 0.717) is 30.3 Å². The number of amides is 2. The van der Waals surface area contributed by atoms with E-state index in [9.17, 15) is 14.7 Å². The molecule has 136 valence electrons. The lowest BCUT2D eigenvalue weighted by Gasteiger charge is -2.34. The first-order chi connectivity index (χ1) is 12.2. The van der Waals surface area contributed by atoms with Crippen LogP contribution in [0.15, 0.2) is 24.3 Å². The quantitative estimate of drug-likeness (QED) is 0.703. The van der Waals surface area contributed by atoms with Crippen LogP contribution in [0, 0.1) is 0 Å². The molecule has 2 amide bonds. The van der Waals surface area contributed by atoms with Gasteiger partial charge in [0.15, 0.2) is 0 Å². The van der Waals surface area contributed by atoms with Crippen LogP contribution in [0.5, 0.6) is 0 Å². The van der Waals surface area contributed by atoms with Crippen molar-refractivity contribution < 1.29 is 14.7 Å². The van der Waals surface area contributed by atoms with Crippen LogP contribution in [0.3, 0.4) is 0 Å². The van der Waals surface area contributed by atoms with Crippen molar-refractivity contribution in [1.82, 2.24) is 10.2 Å². The molecule has 1 aromatic rings. The highest BCUT2D eigenvalue weighted by atomic mass is 16.3. The van der Waals surface area contributed by atoms with Crippen molar-refractivity contribution in [1.29, 1.82) is 0 Å².